The summed E-state index contributed by atoms with van der Waals surface area (Å²) in [5.74, 6) is -0.856. The Labute approximate surface area is 653 Å². The van der Waals surface area contributed by atoms with Crippen LogP contribution in [-0.4, -0.2) is 120 Å². The SMILES string of the molecule is CCCCCCCCCCCCCC(=O)N[C@@H](CCOP(=O)([O-])OCCNC(=O)NCCOP(=O)([O-])OCC[C@@H](COCC[C@@H](CCCCCCC)OC(=O)CCCCCCCCCCC)NC(=O)CCCCCCCCCCCCC)COCC[C@@H](CCCCCCC)OC(C)=O.[Na+].[Na+]. The van der Waals surface area contributed by atoms with Crippen molar-refractivity contribution in [3.8, 4) is 0 Å². The van der Waals surface area contributed by atoms with Crippen molar-refractivity contribution < 1.29 is 139 Å². The molecule has 4 N–H and O–H groups in total. The van der Waals surface area contributed by atoms with Crippen LogP contribution < -0.4 is 90.2 Å². The maximum absolute atomic E-state index is 13.2. The molecular formula is C75H146N4Na2O17P2. The second-order valence-electron chi connectivity index (χ2n) is 27.1. The first kappa shape index (κ1) is 103. The second kappa shape index (κ2) is 76.5. The molecule has 0 fully saturated rings. The number of phosphoric acid groups is 2. The van der Waals surface area contributed by atoms with Crippen molar-refractivity contribution in [2.75, 3.05) is 65.9 Å². The Morgan fingerprint density at radius 3 is 0.940 bits per heavy atom. The van der Waals surface area contributed by atoms with Gasteiger partial charge in [0.1, 0.15) is 12.2 Å². The molecule has 2 unspecified atom stereocenters. The van der Waals surface area contributed by atoms with Crippen LogP contribution in [0.1, 0.15) is 363 Å². The van der Waals surface area contributed by atoms with E-state index in [4.69, 9.17) is 37.0 Å². The number of esters is 2. The van der Waals surface area contributed by atoms with Gasteiger partial charge in [-0.05, 0) is 57.8 Å². The molecule has 0 aromatic rings. The monoisotopic (exact) mass is 1480 g/mol. The number of amides is 4. The second-order valence-corrected chi connectivity index (χ2v) is 30.0. The summed E-state index contributed by atoms with van der Waals surface area (Å²) in [4.78, 5) is 89.2. The molecule has 25 heteroatoms. The van der Waals surface area contributed by atoms with Crippen molar-refractivity contribution in [1.29, 1.82) is 0 Å². The van der Waals surface area contributed by atoms with Gasteiger partial charge in [-0.25, -0.2) is 4.79 Å². The van der Waals surface area contributed by atoms with Crippen LogP contribution in [0.4, 0.5) is 4.79 Å². The zero-order valence-electron chi connectivity index (χ0n) is 65.1. The smallest absolute Gasteiger partial charge is 0.756 e. The molecule has 0 saturated carbocycles. The molecule has 21 nitrogen and oxygen atoms in total. The predicted molar refractivity (Wildman–Crippen MR) is 391 cm³/mol. The van der Waals surface area contributed by atoms with Crippen molar-refractivity contribution in [2.45, 2.75) is 387 Å². The van der Waals surface area contributed by atoms with Gasteiger partial charge in [0.2, 0.25) is 11.8 Å². The molecule has 580 valence electrons. The van der Waals surface area contributed by atoms with E-state index in [1.807, 2.05) is 0 Å². The van der Waals surface area contributed by atoms with Gasteiger partial charge in [-0.1, -0.05) is 266 Å². The molecule has 4 amide bonds. The van der Waals surface area contributed by atoms with Gasteiger partial charge in [-0.3, -0.25) is 28.3 Å². The number of phosphoric ester groups is 2. The fraction of sp³-hybridized carbons (Fsp3) is 0.933. The van der Waals surface area contributed by atoms with Gasteiger partial charge in [-0.15, -0.1) is 0 Å². The number of hydrogen-bond acceptors (Lipinski definition) is 17. The number of nitrogens with one attached hydrogen (secondary N) is 4. The van der Waals surface area contributed by atoms with Crippen molar-refractivity contribution in [1.82, 2.24) is 21.3 Å². The molecule has 0 aromatic carbocycles. The zero-order valence-corrected chi connectivity index (χ0v) is 70.9. The predicted octanol–water partition coefficient (Wildman–Crippen LogP) is 11.7. The first-order valence-corrected chi connectivity index (χ1v) is 42.7. The molecule has 0 aliphatic rings. The van der Waals surface area contributed by atoms with Gasteiger partial charge < -0.3 is 68.1 Å². The van der Waals surface area contributed by atoms with Crippen molar-refractivity contribution in [3.63, 3.8) is 0 Å². The van der Waals surface area contributed by atoms with E-state index >= 15 is 0 Å². The summed E-state index contributed by atoms with van der Waals surface area (Å²) in [6.07, 6.45) is 49.9. The average molecular weight is 1480 g/mol. The van der Waals surface area contributed by atoms with Gasteiger partial charge in [0.25, 0.3) is 15.6 Å². The first-order valence-electron chi connectivity index (χ1n) is 39.8. The van der Waals surface area contributed by atoms with E-state index in [9.17, 15) is 42.9 Å². The van der Waals surface area contributed by atoms with E-state index in [-0.39, 0.29) is 161 Å². The fourth-order valence-corrected chi connectivity index (χ4v) is 13.1. The van der Waals surface area contributed by atoms with Gasteiger partial charge in [0.05, 0.1) is 64.9 Å². The molecule has 0 radical (unpaired) electrons. The minimum atomic E-state index is -4.85. The van der Waals surface area contributed by atoms with E-state index < -0.39 is 47.0 Å². The standard InChI is InChI=1S/C75H148N4O17P2.2Na/c1-7-12-17-22-25-28-30-33-35-40-45-50-72(81)78-68(65-89-59-55-70(95-67(6)80)48-43-38-20-15-10-4)53-61-91-97(85,86)93-63-57-76-75(84)77-58-64-94-98(87,88)92-62-54-69(79-73(82)51-46-41-36-34-31-29-26-23-18-13-8-2)66-90-60-56-71(49-44-39-21-16-11-5)96-74(83)52-47-42-37-32-27-24-19-14-9-3;;/h68-71H,7-66H2,1-6H3,(H,78,81)(H,79,82)(H,85,86)(H,87,88)(H2,76,77,84);;/q;2*+1/p-2/t68-,69-,70+,71+;;/m0../s1. The summed E-state index contributed by atoms with van der Waals surface area (Å²) >= 11 is 0. The van der Waals surface area contributed by atoms with Crippen LogP contribution in [0.15, 0.2) is 0 Å². The zero-order chi connectivity index (χ0) is 72.1. The summed E-state index contributed by atoms with van der Waals surface area (Å²) in [5, 5.41) is 10.9. The minimum absolute atomic E-state index is 0. The molecule has 0 spiro atoms. The Balaban J connectivity index is -0.0000470. The van der Waals surface area contributed by atoms with Crippen LogP contribution in [-0.2, 0) is 65.4 Å². The molecule has 6 atom stereocenters. The third-order valence-corrected chi connectivity index (χ3v) is 19.6. The number of hydrogen-bond donors (Lipinski definition) is 4. The van der Waals surface area contributed by atoms with Crippen LogP contribution in [0.3, 0.4) is 0 Å². The number of carbonyl (C=O) groups excluding carboxylic acids is 5. The number of unbranched alkanes of at least 4 members (excludes halogenated alkanes) is 36. The first-order chi connectivity index (χ1) is 47.5. The Kier molecular flexibility index (Phi) is 79.1. The van der Waals surface area contributed by atoms with E-state index in [1.165, 1.54) is 135 Å². The number of carbonyl (C=O) groups is 5. The van der Waals surface area contributed by atoms with E-state index in [1.54, 1.807) is 0 Å². The molecule has 100 heavy (non-hydrogen) atoms. The Hall–Kier alpha value is -0.710. The third kappa shape index (κ3) is 74.2. The summed E-state index contributed by atoms with van der Waals surface area (Å²) in [6, 6.07) is -1.88. The molecule has 0 aliphatic heterocycles. The Morgan fingerprint density at radius 1 is 0.340 bits per heavy atom. The third-order valence-electron chi connectivity index (χ3n) is 17.6. The largest absolute Gasteiger partial charge is 1.00 e. The quantitative estimate of drug-likeness (QED) is 0.0190. The molecule has 0 bridgehead atoms. The van der Waals surface area contributed by atoms with E-state index in [2.05, 4.69) is 55.9 Å². The maximum atomic E-state index is 13.2. The average Bonchev–Trinajstić information content (AvgIpc) is 1.10. The Morgan fingerprint density at radius 2 is 0.620 bits per heavy atom. The molecular weight excluding hydrogens is 1340 g/mol. The summed E-state index contributed by atoms with van der Waals surface area (Å²) in [6.45, 7) is 11.1. The maximum Gasteiger partial charge on any atom is 1.00 e. The van der Waals surface area contributed by atoms with Gasteiger partial charge in [-0.2, -0.15) is 0 Å². The van der Waals surface area contributed by atoms with Crippen LogP contribution in [0.25, 0.3) is 0 Å². The van der Waals surface area contributed by atoms with Crippen LogP contribution in [0, 0.1) is 0 Å². The normalized spacial score (nSPS) is 13.8. The summed E-state index contributed by atoms with van der Waals surface area (Å²) in [7, 11) is -9.69. The van der Waals surface area contributed by atoms with Gasteiger partial charge in [0.15, 0.2) is 0 Å². The van der Waals surface area contributed by atoms with Crippen LogP contribution in [0.2, 0.25) is 0 Å². The van der Waals surface area contributed by atoms with Crippen LogP contribution >= 0.6 is 15.6 Å². The molecule has 0 aliphatic carbocycles. The number of urea groups is 1. The minimum Gasteiger partial charge on any atom is -0.756 e. The molecule has 0 heterocycles. The van der Waals surface area contributed by atoms with Crippen molar-refractivity contribution >= 4 is 45.4 Å². The van der Waals surface area contributed by atoms with Crippen molar-refractivity contribution in [2.24, 2.45) is 0 Å². The van der Waals surface area contributed by atoms with E-state index in [0.717, 1.165) is 148 Å². The van der Waals surface area contributed by atoms with Crippen molar-refractivity contribution in [3.05, 3.63) is 0 Å². The summed E-state index contributed by atoms with van der Waals surface area (Å²) in [5.41, 5.74) is 0. The molecule has 0 saturated heterocycles. The molecule has 0 aromatic heterocycles. The number of rotatable bonds is 76. The Bertz CT molecular complexity index is 1980. The fourth-order valence-electron chi connectivity index (χ4n) is 11.7. The topological polar surface area (TPSA) is 288 Å². The van der Waals surface area contributed by atoms with Crippen LogP contribution in [0.5, 0.6) is 0 Å². The number of ether oxygens (including phenoxy) is 4. The molecule has 0 rings (SSSR count). The van der Waals surface area contributed by atoms with Gasteiger partial charge in [0, 0.05) is 52.1 Å². The summed E-state index contributed by atoms with van der Waals surface area (Å²) < 4.78 is 69.5. The van der Waals surface area contributed by atoms with E-state index in [0.29, 0.717) is 32.1 Å². The van der Waals surface area contributed by atoms with Gasteiger partial charge >= 0.3 is 77.1 Å².